The molecule has 63 heavy (non-hydrogen) atoms. The van der Waals surface area contributed by atoms with Gasteiger partial charge in [0.05, 0.1) is 39.0 Å². The highest BCUT2D eigenvalue weighted by molar-refractivity contribution is 5.72. The van der Waals surface area contributed by atoms with E-state index < -0.39 is 0 Å². The summed E-state index contributed by atoms with van der Waals surface area (Å²) in [6, 6.07) is 0. The van der Waals surface area contributed by atoms with Crippen molar-refractivity contribution in [3.63, 3.8) is 0 Å². The summed E-state index contributed by atoms with van der Waals surface area (Å²) < 4.78 is 22.5. The first-order valence-electron chi connectivity index (χ1n) is 26.8. The number of rotatable bonds is 49. The molecular weight excluding hydrogens is 795 g/mol. The minimum Gasteiger partial charge on any atom is -0.466 e. The van der Waals surface area contributed by atoms with Gasteiger partial charge in [-0.15, -0.1) is 0 Å². The van der Waals surface area contributed by atoms with Crippen molar-refractivity contribution in [3.05, 3.63) is 0 Å². The van der Waals surface area contributed by atoms with E-state index in [0.29, 0.717) is 51.9 Å². The van der Waals surface area contributed by atoms with Crippen molar-refractivity contribution in [2.75, 3.05) is 52.7 Å². The van der Waals surface area contributed by atoms with Crippen LogP contribution in [0.4, 0.5) is 0 Å². The largest absolute Gasteiger partial charge is 0.466 e. The average molecular weight is 896 g/mol. The monoisotopic (exact) mass is 896 g/mol. The number of ether oxygens (including phenoxy) is 4. The van der Waals surface area contributed by atoms with Crippen LogP contribution in [0.2, 0.25) is 0 Å². The number of hydrogen-bond donors (Lipinski definition) is 1. The van der Waals surface area contributed by atoms with E-state index in [1.165, 1.54) is 103 Å². The maximum atomic E-state index is 13.0. The average Bonchev–Trinajstić information content (AvgIpc) is 3.28. The Morgan fingerprint density at radius 2 is 0.794 bits per heavy atom. The zero-order valence-electron chi connectivity index (χ0n) is 41.7. The number of hydrogen-bond acceptors (Lipinski definition) is 10. The zero-order chi connectivity index (χ0) is 46.3. The molecule has 0 saturated carbocycles. The lowest BCUT2D eigenvalue weighted by atomic mass is 9.94. The molecule has 0 aliphatic heterocycles. The van der Waals surface area contributed by atoms with Crippen LogP contribution in [-0.2, 0) is 38.1 Å². The first-order chi connectivity index (χ1) is 30.8. The lowest BCUT2D eigenvalue weighted by Gasteiger charge is -2.21. The highest BCUT2D eigenvalue weighted by Crippen LogP contribution is 2.21. The van der Waals surface area contributed by atoms with Crippen LogP contribution in [0.5, 0.6) is 0 Å². The molecule has 0 aromatic rings. The molecule has 0 bridgehead atoms. The van der Waals surface area contributed by atoms with E-state index in [1.54, 1.807) is 0 Å². The highest BCUT2D eigenvalue weighted by atomic mass is 16.5. The van der Waals surface area contributed by atoms with Crippen molar-refractivity contribution in [2.24, 2.45) is 11.8 Å². The number of likely N-dealkylation sites (N-methyl/N-ethyl adjacent to an activating group) is 1. The summed E-state index contributed by atoms with van der Waals surface area (Å²) in [7, 11) is 0. The highest BCUT2D eigenvalue weighted by Gasteiger charge is 2.20. The second kappa shape index (κ2) is 47.8. The number of aliphatic hydroxyl groups is 1. The first kappa shape index (κ1) is 60.8. The number of aliphatic hydroxyl groups excluding tert-OH is 1. The third-order valence-corrected chi connectivity index (χ3v) is 12.3. The predicted molar refractivity (Wildman–Crippen MR) is 259 cm³/mol. The summed E-state index contributed by atoms with van der Waals surface area (Å²) in [5.74, 6) is -0.722. The standard InChI is InChI=1S/C53H101NO9/c1-5-9-12-15-18-19-24-32-44-60-50(56)38-30-26-31-40-52(58)63-47-48(35-34-41-54(8-4)42-43-55)46-62-51(57)39-29-23-20-25-33-45-61-53(59)49(36-27-21-16-13-10-6-2)37-28-22-17-14-11-7-3/h48-49,55H,5-47H2,1-4H3. The van der Waals surface area contributed by atoms with Gasteiger partial charge < -0.3 is 29.0 Å². The number of esters is 4. The van der Waals surface area contributed by atoms with Gasteiger partial charge in [-0.05, 0) is 70.9 Å². The summed E-state index contributed by atoms with van der Waals surface area (Å²) in [6.07, 6.45) is 35.6. The molecule has 10 nitrogen and oxygen atoms in total. The smallest absolute Gasteiger partial charge is 0.308 e. The van der Waals surface area contributed by atoms with Gasteiger partial charge >= 0.3 is 23.9 Å². The van der Waals surface area contributed by atoms with Crippen molar-refractivity contribution in [3.8, 4) is 0 Å². The number of nitrogens with zero attached hydrogens (tertiary/aromatic N) is 1. The summed E-state index contributed by atoms with van der Waals surface area (Å²) in [5, 5.41) is 9.36. The van der Waals surface area contributed by atoms with Crippen LogP contribution in [0.1, 0.15) is 252 Å². The van der Waals surface area contributed by atoms with Crippen molar-refractivity contribution in [2.45, 2.75) is 252 Å². The van der Waals surface area contributed by atoms with Crippen LogP contribution in [-0.4, -0.2) is 86.6 Å². The molecule has 0 aromatic carbocycles. The molecule has 372 valence electrons. The molecule has 0 aliphatic carbocycles. The quantitative estimate of drug-likeness (QED) is 0.0358. The number of carbonyl (C=O) groups excluding carboxylic acids is 4. The van der Waals surface area contributed by atoms with E-state index in [4.69, 9.17) is 18.9 Å². The summed E-state index contributed by atoms with van der Waals surface area (Å²) in [4.78, 5) is 52.6. The topological polar surface area (TPSA) is 129 Å². The summed E-state index contributed by atoms with van der Waals surface area (Å²) >= 11 is 0. The van der Waals surface area contributed by atoms with Gasteiger partial charge in [0.1, 0.15) is 0 Å². The second-order valence-electron chi connectivity index (χ2n) is 18.3. The maximum Gasteiger partial charge on any atom is 0.308 e. The molecule has 0 spiro atoms. The van der Waals surface area contributed by atoms with Crippen LogP contribution in [0, 0.1) is 11.8 Å². The first-order valence-corrected chi connectivity index (χ1v) is 26.8. The van der Waals surface area contributed by atoms with Gasteiger partial charge in [0, 0.05) is 31.7 Å². The van der Waals surface area contributed by atoms with Crippen molar-refractivity contribution in [1.29, 1.82) is 0 Å². The van der Waals surface area contributed by atoms with E-state index in [-0.39, 0.29) is 55.5 Å². The van der Waals surface area contributed by atoms with Crippen LogP contribution in [0.25, 0.3) is 0 Å². The lowest BCUT2D eigenvalue weighted by Crippen LogP contribution is -2.29. The van der Waals surface area contributed by atoms with E-state index in [2.05, 4.69) is 32.6 Å². The minimum atomic E-state index is -0.269. The zero-order valence-corrected chi connectivity index (χ0v) is 41.7. The lowest BCUT2D eigenvalue weighted by molar-refractivity contribution is -0.150. The van der Waals surface area contributed by atoms with Gasteiger partial charge in [0.2, 0.25) is 0 Å². The normalized spacial score (nSPS) is 11.9. The Labute approximate surface area is 387 Å². The van der Waals surface area contributed by atoms with Crippen LogP contribution >= 0.6 is 0 Å². The SMILES string of the molecule is CCCCCCCCCCOC(=O)CCCCCC(=O)OCC(CCCN(CC)CCO)COC(=O)CCCCCCCOC(=O)C(CCCCCCCC)CCCCCCCC. The van der Waals surface area contributed by atoms with E-state index in [1.807, 2.05) is 0 Å². The van der Waals surface area contributed by atoms with Gasteiger partial charge in [-0.1, -0.05) is 175 Å². The van der Waals surface area contributed by atoms with Gasteiger partial charge in [0.15, 0.2) is 0 Å². The molecule has 0 rings (SSSR count). The van der Waals surface area contributed by atoms with Gasteiger partial charge in [-0.3, -0.25) is 19.2 Å². The third-order valence-electron chi connectivity index (χ3n) is 12.3. The molecule has 0 saturated heterocycles. The molecule has 10 heteroatoms. The third kappa shape index (κ3) is 42.2. The number of unbranched alkanes of at least 4 members (excludes halogenated alkanes) is 23. The molecule has 0 radical (unpaired) electrons. The molecule has 0 aromatic heterocycles. The van der Waals surface area contributed by atoms with E-state index in [0.717, 1.165) is 103 Å². The Morgan fingerprint density at radius 1 is 0.413 bits per heavy atom. The minimum absolute atomic E-state index is 0.00402. The second-order valence-corrected chi connectivity index (χ2v) is 18.3. The van der Waals surface area contributed by atoms with E-state index >= 15 is 0 Å². The van der Waals surface area contributed by atoms with Crippen molar-refractivity contribution >= 4 is 23.9 Å². The molecule has 0 heterocycles. The molecule has 1 unspecified atom stereocenters. The maximum absolute atomic E-state index is 13.0. The van der Waals surface area contributed by atoms with Gasteiger partial charge in [-0.2, -0.15) is 0 Å². The summed E-state index contributed by atoms with van der Waals surface area (Å²) in [5.41, 5.74) is 0. The molecule has 0 aliphatic rings. The van der Waals surface area contributed by atoms with Gasteiger partial charge in [-0.25, -0.2) is 0 Å². The molecule has 1 N–H and O–H groups in total. The molecule has 0 amide bonds. The summed E-state index contributed by atoms with van der Waals surface area (Å²) in [6.45, 7) is 12.5. The van der Waals surface area contributed by atoms with Gasteiger partial charge in [0.25, 0.3) is 0 Å². The Balaban J connectivity index is 4.43. The van der Waals surface area contributed by atoms with Crippen LogP contribution < -0.4 is 0 Å². The molecule has 0 fully saturated rings. The fraction of sp³-hybridized carbons (Fsp3) is 0.925. The molecular formula is C53H101NO9. The Bertz CT molecular complexity index is 1020. The molecule has 1 atom stereocenters. The van der Waals surface area contributed by atoms with E-state index in [9.17, 15) is 24.3 Å². The van der Waals surface area contributed by atoms with Crippen molar-refractivity contribution < 1.29 is 43.2 Å². The Hall–Kier alpha value is -2.20. The van der Waals surface area contributed by atoms with Crippen LogP contribution in [0.3, 0.4) is 0 Å². The number of carbonyl (C=O) groups is 4. The predicted octanol–water partition coefficient (Wildman–Crippen LogP) is 13.4. The van der Waals surface area contributed by atoms with Crippen LogP contribution in [0.15, 0.2) is 0 Å². The fourth-order valence-corrected chi connectivity index (χ4v) is 8.08. The van der Waals surface area contributed by atoms with Crippen molar-refractivity contribution in [1.82, 2.24) is 4.90 Å². The Kier molecular flexibility index (Phi) is 46.1. The fourth-order valence-electron chi connectivity index (χ4n) is 8.08. The Morgan fingerprint density at radius 3 is 1.24 bits per heavy atom.